The molecule has 0 amide bonds. The third-order valence-corrected chi connectivity index (χ3v) is 3.69. The van der Waals surface area contributed by atoms with Gasteiger partial charge in [-0.2, -0.15) is 0 Å². The van der Waals surface area contributed by atoms with Gasteiger partial charge in [0.1, 0.15) is 6.29 Å². The zero-order valence-corrected chi connectivity index (χ0v) is 9.41. The van der Waals surface area contributed by atoms with Crippen LogP contribution in [0, 0.1) is 5.41 Å². The summed E-state index contributed by atoms with van der Waals surface area (Å²) in [7, 11) is 0. The van der Waals surface area contributed by atoms with E-state index in [1.54, 1.807) is 0 Å². The molecule has 3 heteroatoms. The van der Waals surface area contributed by atoms with Crippen LogP contribution in [0.1, 0.15) is 39.0 Å². The summed E-state index contributed by atoms with van der Waals surface area (Å²) in [6.07, 6.45) is 6.68. The average Bonchev–Trinajstić information content (AvgIpc) is 2.65. The Labute approximate surface area is 91.1 Å². The molecule has 0 aromatic rings. The van der Waals surface area contributed by atoms with Gasteiger partial charge in [0, 0.05) is 18.6 Å². The van der Waals surface area contributed by atoms with Crippen LogP contribution in [0.4, 0.5) is 0 Å². The molecule has 2 atom stereocenters. The molecule has 0 N–H and O–H groups in total. The molecule has 2 aliphatic rings. The molecule has 0 aromatic carbocycles. The number of carbonyl (C=O) groups excluding carboxylic acids is 1. The fourth-order valence-electron chi connectivity index (χ4n) is 2.64. The lowest BCUT2D eigenvalue weighted by Crippen LogP contribution is -2.34. The first-order valence-corrected chi connectivity index (χ1v) is 5.94. The molecule has 15 heavy (non-hydrogen) atoms. The summed E-state index contributed by atoms with van der Waals surface area (Å²) in [5.41, 5.74) is -0.160. The van der Waals surface area contributed by atoms with Crippen molar-refractivity contribution in [2.45, 2.75) is 51.2 Å². The first-order chi connectivity index (χ1) is 7.24. The van der Waals surface area contributed by atoms with E-state index in [1.165, 1.54) is 0 Å². The van der Waals surface area contributed by atoms with Crippen molar-refractivity contribution in [3.8, 4) is 0 Å². The van der Waals surface area contributed by atoms with Gasteiger partial charge < -0.3 is 14.3 Å². The largest absolute Gasteiger partial charge is 0.381 e. The quantitative estimate of drug-likeness (QED) is 0.671. The number of hydrogen-bond acceptors (Lipinski definition) is 3. The topological polar surface area (TPSA) is 35.5 Å². The first-order valence-electron chi connectivity index (χ1n) is 5.94. The number of aldehydes is 1. The van der Waals surface area contributed by atoms with Crippen molar-refractivity contribution in [2.24, 2.45) is 5.41 Å². The van der Waals surface area contributed by atoms with Gasteiger partial charge in [0.25, 0.3) is 0 Å². The zero-order valence-electron chi connectivity index (χ0n) is 9.41. The first kappa shape index (κ1) is 11.1. The monoisotopic (exact) mass is 212 g/mol. The van der Waals surface area contributed by atoms with Gasteiger partial charge >= 0.3 is 0 Å². The minimum absolute atomic E-state index is 0.160. The molecule has 3 nitrogen and oxygen atoms in total. The van der Waals surface area contributed by atoms with Gasteiger partial charge in [-0.05, 0) is 39.0 Å². The van der Waals surface area contributed by atoms with Crippen LogP contribution in [0.15, 0.2) is 0 Å². The van der Waals surface area contributed by atoms with Crippen molar-refractivity contribution in [1.29, 1.82) is 0 Å². The van der Waals surface area contributed by atoms with Crippen molar-refractivity contribution >= 4 is 6.29 Å². The van der Waals surface area contributed by atoms with E-state index >= 15 is 0 Å². The molecule has 0 spiro atoms. The van der Waals surface area contributed by atoms with E-state index in [9.17, 15) is 4.79 Å². The molecular formula is C12H20O3. The van der Waals surface area contributed by atoms with E-state index in [1.807, 2.05) is 0 Å². The second kappa shape index (κ2) is 4.62. The van der Waals surface area contributed by atoms with E-state index in [0.29, 0.717) is 12.2 Å². The van der Waals surface area contributed by atoms with E-state index < -0.39 is 0 Å². The summed E-state index contributed by atoms with van der Waals surface area (Å²) in [5, 5.41) is 0. The third kappa shape index (κ3) is 2.58. The molecule has 2 unspecified atom stereocenters. The van der Waals surface area contributed by atoms with Crippen molar-refractivity contribution in [1.82, 2.24) is 0 Å². The van der Waals surface area contributed by atoms with Crippen LogP contribution in [0.3, 0.4) is 0 Å². The maximum atomic E-state index is 11.2. The lowest BCUT2D eigenvalue weighted by Gasteiger charge is -2.33. The second-order valence-electron chi connectivity index (χ2n) is 4.94. The van der Waals surface area contributed by atoms with Crippen molar-refractivity contribution in [2.75, 3.05) is 13.2 Å². The standard InChI is InChI=1S/C12H20O3/c1-10-2-3-11(15-10)8-12(9-13)4-6-14-7-5-12/h9-11H,2-8H2,1H3. The highest BCUT2D eigenvalue weighted by Gasteiger charge is 2.37. The zero-order chi connectivity index (χ0) is 10.7. The van der Waals surface area contributed by atoms with Gasteiger partial charge in [-0.1, -0.05) is 0 Å². The number of carbonyl (C=O) groups is 1. The van der Waals surface area contributed by atoms with Crippen LogP contribution < -0.4 is 0 Å². The average molecular weight is 212 g/mol. The molecule has 0 aliphatic carbocycles. The molecule has 2 heterocycles. The summed E-state index contributed by atoms with van der Waals surface area (Å²) < 4.78 is 11.1. The van der Waals surface area contributed by atoms with Gasteiger partial charge in [-0.3, -0.25) is 0 Å². The van der Waals surface area contributed by atoms with Crippen LogP contribution in [0.2, 0.25) is 0 Å². The summed E-state index contributed by atoms with van der Waals surface area (Å²) in [6.45, 7) is 3.56. The number of hydrogen-bond donors (Lipinski definition) is 0. The predicted molar refractivity (Wildman–Crippen MR) is 56.7 cm³/mol. The SMILES string of the molecule is CC1CCC(CC2(C=O)CCOCC2)O1. The van der Waals surface area contributed by atoms with Gasteiger partial charge in [0.05, 0.1) is 12.2 Å². The van der Waals surface area contributed by atoms with Crippen molar-refractivity contribution in [3.05, 3.63) is 0 Å². The van der Waals surface area contributed by atoms with Crippen LogP contribution in [-0.2, 0) is 14.3 Å². The van der Waals surface area contributed by atoms with Crippen LogP contribution in [-0.4, -0.2) is 31.7 Å². The lowest BCUT2D eigenvalue weighted by atomic mass is 9.77. The second-order valence-corrected chi connectivity index (χ2v) is 4.94. The van der Waals surface area contributed by atoms with Crippen molar-refractivity contribution in [3.63, 3.8) is 0 Å². The molecular weight excluding hydrogens is 192 g/mol. The molecule has 2 rings (SSSR count). The Bertz CT molecular complexity index is 221. The molecule has 0 radical (unpaired) electrons. The Balaban J connectivity index is 1.92. The molecule has 86 valence electrons. The van der Waals surface area contributed by atoms with Gasteiger partial charge in [0.15, 0.2) is 0 Å². The Morgan fingerprint density at radius 3 is 2.60 bits per heavy atom. The number of rotatable bonds is 3. The minimum atomic E-state index is -0.160. The van der Waals surface area contributed by atoms with Gasteiger partial charge in [-0.25, -0.2) is 0 Å². The van der Waals surface area contributed by atoms with Crippen LogP contribution in [0.5, 0.6) is 0 Å². The number of ether oxygens (including phenoxy) is 2. The Kier molecular flexibility index (Phi) is 3.42. The normalized spacial score (nSPS) is 35.3. The fraction of sp³-hybridized carbons (Fsp3) is 0.917. The summed E-state index contributed by atoms with van der Waals surface area (Å²) in [4.78, 5) is 11.2. The van der Waals surface area contributed by atoms with Crippen LogP contribution in [0.25, 0.3) is 0 Å². The van der Waals surface area contributed by atoms with Crippen molar-refractivity contribution < 1.29 is 14.3 Å². The van der Waals surface area contributed by atoms with E-state index in [-0.39, 0.29) is 5.41 Å². The smallest absolute Gasteiger partial charge is 0.126 e. The highest BCUT2D eigenvalue weighted by atomic mass is 16.5. The lowest BCUT2D eigenvalue weighted by molar-refractivity contribution is -0.124. The van der Waals surface area contributed by atoms with E-state index in [4.69, 9.17) is 9.47 Å². The molecule has 0 aromatic heterocycles. The van der Waals surface area contributed by atoms with Gasteiger partial charge in [-0.15, -0.1) is 0 Å². The Morgan fingerprint density at radius 2 is 2.07 bits per heavy atom. The molecule has 2 saturated heterocycles. The van der Waals surface area contributed by atoms with Gasteiger partial charge in [0.2, 0.25) is 0 Å². The maximum absolute atomic E-state index is 11.2. The molecule has 0 saturated carbocycles. The predicted octanol–water partition coefficient (Wildman–Crippen LogP) is 1.94. The summed E-state index contributed by atoms with van der Waals surface area (Å²) in [6, 6.07) is 0. The Morgan fingerprint density at radius 1 is 1.33 bits per heavy atom. The molecule has 2 fully saturated rings. The minimum Gasteiger partial charge on any atom is -0.381 e. The molecule has 2 aliphatic heterocycles. The van der Waals surface area contributed by atoms with Crippen LogP contribution >= 0.6 is 0 Å². The fourth-order valence-corrected chi connectivity index (χ4v) is 2.64. The highest BCUT2D eigenvalue weighted by molar-refractivity contribution is 5.59. The van der Waals surface area contributed by atoms with E-state index in [2.05, 4.69) is 6.92 Å². The summed E-state index contributed by atoms with van der Waals surface area (Å²) >= 11 is 0. The molecule has 0 bridgehead atoms. The highest BCUT2D eigenvalue weighted by Crippen LogP contribution is 2.37. The Hall–Kier alpha value is -0.410. The maximum Gasteiger partial charge on any atom is 0.126 e. The third-order valence-electron chi connectivity index (χ3n) is 3.69. The summed E-state index contributed by atoms with van der Waals surface area (Å²) in [5.74, 6) is 0. The van der Waals surface area contributed by atoms with E-state index in [0.717, 1.165) is 51.6 Å².